The first-order valence-corrected chi connectivity index (χ1v) is 6.64. The zero-order valence-electron chi connectivity index (χ0n) is 9.86. The van der Waals surface area contributed by atoms with E-state index in [2.05, 4.69) is 15.9 Å². The van der Waals surface area contributed by atoms with Crippen LogP contribution in [0.3, 0.4) is 0 Å². The first-order valence-electron chi connectivity index (χ1n) is 5.85. The van der Waals surface area contributed by atoms with Crippen LogP contribution in [0.25, 0.3) is 0 Å². The van der Waals surface area contributed by atoms with Gasteiger partial charge in [0.2, 0.25) is 0 Å². The molecule has 4 heteroatoms. The van der Waals surface area contributed by atoms with Gasteiger partial charge in [-0.1, -0.05) is 22.0 Å². The van der Waals surface area contributed by atoms with Crippen molar-refractivity contribution in [1.29, 1.82) is 0 Å². The lowest BCUT2D eigenvalue weighted by Crippen LogP contribution is -2.12. The molecule has 94 valence electrons. The Morgan fingerprint density at radius 2 is 2.41 bits per heavy atom. The molecule has 2 atom stereocenters. The van der Waals surface area contributed by atoms with Crippen molar-refractivity contribution < 1.29 is 14.6 Å². The van der Waals surface area contributed by atoms with E-state index in [1.165, 1.54) is 0 Å². The maximum atomic E-state index is 9.67. The van der Waals surface area contributed by atoms with E-state index in [9.17, 15) is 5.11 Å². The second-order valence-corrected chi connectivity index (χ2v) is 5.31. The van der Waals surface area contributed by atoms with Gasteiger partial charge in [0, 0.05) is 22.6 Å². The van der Waals surface area contributed by atoms with E-state index in [1.54, 1.807) is 6.92 Å². The summed E-state index contributed by atoms with van der Waals surface area (Å²) in [5.74, 6) is 1.22. The topological polar surface area (TPSA) is 38.7 Å². The lowest BCUT2D eigenvalue weighted by molar-refractivity contribution is 0.162. The van der Waals surface area contributed by atoms with Gasteiger partial charge in [0.25, 0.3) is 0 Å². The predicted octanol–water partition coefficient (Wildman–Crippen LogP) is 2.92. The number of aliphatic hydroxyl groups is 1. The van der Waals surface area contributed by atoms with Gasteiger partial charge in [-0.2, -0.15) is 0 Å². The number of benzene rings is 1. The summed E-state index contributed by atoms with van der Waals surface area (Å²) in [4.78, 5) is 0. The number of ether oxygens (including phenoxy) is 2. The Balaban J connectivity index is 2.04. The van der Waals surface area contributed by atoms with Crippen LogP contribution in [-0.4, -0.2) is 24.9 Å². The van der Waals surface area contributed by atoms with Crippen LogP contribution in [0.2, 0.25) is 0 Å². The van der Waals surface area contributed by atoms with Crippen LogP contribution in [0.15, 0.2) is 22.7 Å². The molecule has 0 amide bonds. The van der Waals surface area contributed by atoms with E-state index in [0.29, 0.717) is 12.5 Å². The minimum atomic E-state index is -0.516. The van der Waals surface area contributed by atoms with Gasteiger partial charge < -0.3 is 14.6 Å². The molecular weight excluding hydrogens is 284 g/mol. The summed E-state index contributed by atoms with van der Waals surface area (Å²) in [5, 5.41) is 9.67. The van der Waals surface area contributed by atoms with Crippen molar-refractivity contribution in [3.8, 4) is 5.75 Å². The molecule has 1 N–H and O–H groups in total. The zero-order valence-corrected chi connectivity index (χ0v) is 11.4. The number of halogens is 1. The Hall–Kier alpha value is -0.580. The highest BCUT2D eigenvalue weighted by Crippen LogP contribution is 2.29. The van der Waals surface area contributed by atoms with Crippen LogP contribution in [0.5, 0.6) is 5.75 Å². The van der Waals surface area contributed by atoms with Gasteiger partial charge in [-0.25, -0.2) is 0 Å². The summed E-state index contributed by atoms with van der Waals surface area (Å²) in [6.07, 6.45) is 0.538. The summed E-state index contributed by atoms with van der Waals surface area (Å²) in [6, 6.07) is 5.70. The molecule has 0 spiro atoms. The SMILES string of the molecule is C[C@H](O)c1ccc(Br)cc1OCC1CCOC1. The summed E-state index contributed by atoms with van der Waals surface area (Å²) < 4.78 is 12.1. The Bertz CT molecular complexity index is 373. The number of hydrogen-bond acceptors (Lipinski definition) is 3. The second kappa shape index (κ2) is 5.85. The fourth-order valence-corrected chi connectivity index (χ4v) is 2.24. The second-order valence-electron chi connectivity index (χ2n) is 4.40. The Kier molecular flexibility index (Phi) is 4.42. The molecule has 0 aliphatic carbocycles. The van der Waals surface area contributed by atoms with Crippen molar-refractivity contribution in [3.63, 3.8) is 0 Å². The van der Waals surface area contributed by atoms with Crippen molar-refractivity contribution in [1.82, 2.24) is 0 Å². The van der Waals surface area contributed by atoms with Gasteiger partial charge in [-0.3, -0.25) is 0 Å². The van der Waals surface area contributed by atoms with Crippen LogP contribution in [0.4, 0.5) is 0 Å². The zero-order chi connectivity index (χ0) is 12.3. The van der Waals surface area contributed by atoms with Crippen LogP contribution >= 0.6 is 15.9 Å². The third-order valence-corrected chi connectivity index (χ3v) is 3.42. The Morgan fingerprint density at radius 1 is 1.59 bits per heavy atom. The molecule has 1 aliphatic heterocycles. The predicted molar refractivity (Wildman–Crippen MR) is 69.2 cm³/mol. The van der Waals surface area contributed by atoms with Crippen molar-refractivity contribution in [3.05, 3.63) is 28.2 Å². The average Bonchev–Trinajstić information content (AvgIpc) is 2.78. The van der Waals surface area contributed by atoms with Gasteiger partial charge >= 0.3 is 0 Å². The quantitative estimate of drug-likeness (QED) is 0.929. The molecule has 0 radical (unpaired) electrons. The molecule has 1 aromatic carbocycles. The van der Waals surface area contributed by atoms with Crippen LogP contribution in [0, 0.1) is 5.92 Å². The molecule has 1 aliphatic rings. The minimum Gasteiger partial charge on any atom is -0.493 e. The molecule has 0 bridgehead atoms. The van der Waals surface area contributed by atoms with Gasteiger partial charge in [0.15, 0.2) is 0 Å². The molecule has 0 saturated carbocycles. The third kappa shape index (κ3) is 3.44. The monoisotopic (exact) mass is 300 g/mol. The standard InChI is InChI=1S/C13H17BrO3/c1-9(15)12-3-2-11(14)6-13(12)17-8-10-4-5-16-7-10/h2-3,6,9-10,15H,4-5,7-8H2,1H3/t9-,10?/m0/s1. The molecule has 3 nitrogen and oxygen atoms in total. The third-order valence-electron chi connectivity index (χ3n) is 2.92. The van der Waals surface area contributed by atoms with Crippen LogP contribution in [0.1, 0.15) is 25.0 Å². The van der Waals surface area contributed by atoms with Gasteiger partial charge in [-0.15, -0.1) is 0 Å². The Morgan fingerprint density at radius 3 is 3.06 bits per heavy atom. The molecule has 0 aromatic heterocycles. The summed E-state index contributed by atoms with van der Waals surface area (Å²) >= 11 is 3.41. The highest BCUT2D eigenvalue weighted by atomic mass is 79.9. The first kappa shape index (κ1) is 12.9. The van der Waals surface area contributed by atoms with Gasteiger partial charge in [-0.05, 0) is 25.5 Å². The summed E-state index contributed by atoms with van der Waals surface area (Å²) in [5.41, 5.74) is 0.826. The lowest BCUT2D eigenvalue weighted by atomic mass is 10.1. The van der Waals surface area contributed by atoms with Crippen LogP contribution < -0.4 is 4.74 Å². The summed E-state index contributed by atoms with van der Waals surface area (Å²) in [7, 11) is 0. The van der Waals surface area contributed by atoms with Crippen molar-refractivity contribution in [2.24, 2.45) is 5.92 Å². The van der Waals surface area contributed by atoms with Crippen molar-refractivity contribution >= 4 is 15.9 Å². The van der Waals surface area contributed by atoms with Crippen molar-refractivity contribution in [2.45, 2.75) is 19.4 Å². The molecular formula is C13H17BrO3. The molecule has 1 unspecified atom stereocenters. The minimum absolute atomic E-state index is 0.468. The number of aliphatic hydroxyl groups excluding tert-OH is 1. The maximum absolute atomic E-state index is 9.67. The van der Waals surface area contributed by atoms with Gasteiger partial charge in [0.1, 0.15) is 5.75 Å². The Labute approximate surface area is 110 Å². The van der Waals surface area contributed by atoms with E-state index < -0.39 is 6.10 Å². The molecule has 1 saturated heterocycles. The molecule has 17 heavy (non-hydrogen) atoms. The van der Waals surface area contributed by atoms with E-state index in [1.807, 2.05) is 18.2 Å². The van der Waals surface area contributed by atoms with Crippen molar-refractivity contribution in [2.75, 3.05) is 19.8 Å². The van der Waals surface area contributed by atoms with Crippen LogP contribution in [-0.2, 0) is 4.74 Å². The molecule has 1 heterocycles. The summed E-state index contributed by atoms with van der Waals surface area (Å²) in [6.45, 7) is 4.00. The van der Waals surface area contributed by atoms with E-state index >= 15 is 0 Å². The van der Waals surface area contributed by atoms with E-state index in [0.717, 1.165) is 35.4 Å². The number of rotatable bonds is 4. The lowest BCUT2D eigenvalue weighted by Gasteiger charge is -2.15. The smallest absolute Gasteiger partial charge is 0.126 e. The highest BCUT2D eigenvalue weighted by Gasteiger charge is 2.17. The van der Waals surface area contributed by atoms with Gasteiger partial charge in [0.05, 0.1) is 19.3 Å². The van der Waals surface area contributed by atoms with E-state index in [-0.39, 0.29) is 0 Å². The fraction of sp³-hybridized carbons (Fsp3) is 0.538. The highest BCUT2D eigenvalue weighted by molar-refractivity contribution is 9.10. The largest absolute Gasteiger partial charge is 0.493 e. The first-order chi connectivity index (χ1) is 8.16. The molecule has 1 aromatic rings. The average molecular weight is 301 g/mol. The normalized spacial score (nSPS) is 21.5. The fourth-order valence-electron chi connectivity index (χ4n) is 1.90. The molecule has 2 rings (SSSR count). The maximum Gasteiger partial charge on any atom is 0.126 e. The number of hydrogen-bond donors (Lipinski definition) is 1. The van der Waals surface area contributed by atoms with E-state index in [4.69, 9.17) is 9.47 Å². The molecule has 1 fully saturated rings.